The lowest BCUT2D eigenvalue weighted by molar-refractivity contribution is -0.133. The van der Waals surface area contributed by atoms with Crippen LogP contribution in [0.5, 0.6) is 11.5 Å². The van der Waals surface area contributed by atoms with E-state index in [4.69, 9.17) is 9.47 Å². The predicted octanol–water partition coefficient (Wildman–Crippen LogP) is 2.22. The maximum atomic E-state index is 12.4. The molecule has 0 saturated heterocycles. The van der Waals surface area contributed by atoms with Crippen LogP contribution in [0.1, 0.15) is 12.6 Å². The summed E-state index contributed by atoms with van der Waals surface area (Å²) in [6, 6.07) is 13.2. The Morgan fingerprint density at radius 3 is 2.72 bits per heavy atom. The van der Waals surface area contributed by atoms with Crippen molar-refractivity contribution in [3.8, 4) is 11.5 Å². The zero-order valence-corrected chi connectivity index (χ0v) is 13.9. The van der Waals surface area contributed by atoms with Crippen molar-refractivity contribution in [2.45, 2.75) is 25.6 Å². The fourth-order valence-corrected chi connectivity index (χ4v) is 2.93. The van der Waals surface area contributed by atoms with E-state index >= 15 is 0 Å². The summed E-state index contributed by atoms with van der Waals surface area (Å²) in [6.45, 7) is 2.33. The Labute approximate surface area is 145 Å². The van der Waals surface area contributed by atoms with Gasteiger partial charge in [0.2, 0.25) is 6.10 Å². The zero-order valence-electron chi connectivity index (χ0n) is 13.9. The maximum Gasteiger partial charge on any atom is 0.265 e. The van der Waals surface area contributed by atoms with Crippen molar-refractivity contribution in [1.82, 2.24) is 14.7 Å². The molecule has 1 aliphatic rings. The molecule has 1 aromatic carbocycles. The van der Waals surface area contributed by atoms with Crippen LogP contribution < -0.4 is 14.8 Å². The molecule has 0 bridgehead atoms. The van der Waals surface area contributed by atoms with Gasteiger partial charge in [-0.15, -0.1) is 0 Å². The average molecular weight is 337 g/mol. The first-order valence-corrected chi connectivity index (χ1v) is 8.33. The smallest absolute Gasteiger partial charge is 0.265 e. The molecule has 0 spiro atoms. The second-order valence-corrected chi connectivity index (χ2v) is 6.05. The zero-order chi connectivity index (χ0) is 17.2. The van der Waals surface area contributed by atoms with Gasteiger partial charge in [-0.1, -0.05) is 18.2 Å². The molecular weight excluding hydrogens is 318 g/mol. The summed E-state index contributed by atoms with van der Waals surface area (Å²) in [7, 11) is 0. The van der Waals surface area contributed by atoms with Gasteiger partial charge in [-0.05, 0) is 31.2 Å². The molecule has 1 amide bonds. The van der Waals surface area contributed by atoms with Crippen molar-refractivity contribution in [2.75, 3.05) is 6.54 Å². The number of rotatable bonds is 4. The Balaban J connectivity index is 1.36. The number of carbonyl (C=O) groups is 1. The van der Waals surface area contributed by atoms with Gasteiger partial charge in [-0.3, -0.25) is 4.79 Å². The van der Waals surface area contributed by atoms with E-state index < -0.39 is 6.10 Å². The van der Waals surface area contributed by atoms with Gasteiger partial charge in [-0.2, -0.15) is 0 Å². The minimum atomic E-state index is -0.657. The SMILES string of the molecule is C[C@H]1Oc2ccccc2O[C@@H]1C(=O)NCCc1cn2ccccc2n1. The fourth-order valence-electron chi connectivity index (χ4n) is 2.93. The summed E-state index contributed by atoms with van der Waals surface area (Å²) >= 11 is 0. The van der Waals surface area contributed by atoms with E-state index in [9.17, 15) is 4.79 Å². The van der Waals surface area contributed by atoms with Crippen LogP contribution in [-0.2, 0) is 11.2 Å². The predicted molar refractivity (Wildman–Crippen MR) is 92.9 cm³/mol. The summed E-state index contributed by atoms with van der Waals surface area (Å²) < 4.78 is 13.5. The van der Waals surface area contributed by atoms with E-state index in [2.05, 4.69) is 10.3 Å². The largest absolute Gasteiger partial charge is 0.482 e. The van der Waals surface area contributed by atoms with Crippen molar-refractivity contribution < 1.29 is 14.3 Å². The molecule has 0 fully saturated rings. The lowest BCUT2D eigenvalue weighted by Gasteiger charge is -2.30. The number of nitrogens with one attached hydrogen (secondary N) is 1. The molecule has 0 saturated carbocycles. The summed E-state index contributed by atoms with van der Waals surface area (Å²) in [5.41, 5.74) is 1.84. The number of imidazole rings is 1. The molecule has 2 aromatic heterocycles. The maximum absolute atomic E-state index is 12.4. The molecule has 6 heteroatoms. The van der Waals surface area contributed by atoms with E-state index in [0.717, 1.165) is 11.3 Å². The highest BCUT2D eigenvalue weighted by Crippen LogP contribution is 2.33. The number of pyridine rings is 1. The Morgan fingerprint density at radius 2 is 1.92 bits per heavy atom. The Hall–Kier alpha value is -3.02. The first-order chi connectivity index (χ1) is 12.2. The number of fused-ring (bicyclic) bond motifs is 2. The van der Waals surface area contributed by atoms with Gasteiger partial charge in [-0.25, -0.2) is 4.98 Å². The second-order valence-electron chi connectivity index (χ2n) is 6.05. The summed E-state index contributed by atoms with van der Waals surface area (Å²) in [4.78, 5) is 17.0. The van der Waals surface area contributed by atoms with Crippen LogP contribution in [0.15, 0.2) is 54.9 Å². The normalized spacial score (nSPS) is 18.9. The van der Waals surface area contributed by atoms with Crippen molar-refractivity contribution in [3.05, 3.63) is 60.6 Å². The third kappa shape index (κ3) is 3.15. The summed E-state index contributed by atoms with van der Waals surface area (Å²) in [5.74, 6) is 1.09. The molecule has 0 unspecified atom stereocenters. The van der Waals surface area contributed by atoms with Crippen LogP contribution in [0.4, 0.5) is 0 Å². The van der Waals surface area contributed by atoms with Crippen LogP contribution in [0.25, 0.3) is 5.65 Å². The molecule has 2 atom stereocenters. The molecule has 6 nitrogen and oxygen atoms in total. The van der Waals surface area contributed by atoms with E-state index in [1.165, 1.54) is 0 Å². The number of hydrogen-bond donors (Lipinski definition) is 1. The van der Waals surface area contributed by atoms with Crippen molar-refractivity contribution in [3.63, 3.8) is 0 Å². The van der Waals surface area contributed by atoms with Crippen molar-refractivity contribution in [1.29, 1.82) is 0 Å². The number of ether oxygens (including phenoxy) is 2. The van der Waals surface area contributed by atoms with Crippen LogP contribution in [0.2, 0.25) is 0 Å². The van der Waals surface area contributed by atoms with Gasteiger partial charge < -0.3 is 19.2 Å². The molecule has 3 heterocycles. The molecule has 0 aliphatic carbocycles. The minimum Gasteiger partial charge on any atom is -0.482 e. The standard InChI is InChI=1S/C19H19N3O3/c1-13-18(25-16-7-3-2-6-15(16)24-13)19(23)20-10-9-14-12-22-11-5-4-8-17(22)21-14/h2-8,11-13,18H,9-10H2,1H3,(H,20,23)/t13-,18+/m1/s1. The van der Waals surface area contributed by atoms with Gasteiger partial charge in [0, 0.05) is 25.4 Å². The lowest BCUT2D eigenvalue weighted by atomic mass is 10.1. The molecule has 25 heavy (non-hydrogen) atoms. The van der Waals surface area contributed by atoms with Gasteiger partial charge >= 0.3 is 0 Å². The monoisotopic (exact) mass is 337 g/mol. The highest BCUT2D eigenvalue weighted by atomic mass is 16.6. The number of aromatic nitrogens is 2. The third-order valence-electron chi connectivity index (χ3n) is 4.19. The Kier molecular flexibility index (Phi) is 4.01. The lowest BCUT2D eigenvalue weighted by Crippen LogP contribution is -2.49. The first-order valence-electron chi connectivity index (χ1n) is 8.33. The van der Waals surface area contributed by atoms with Gasteiger partial charge in [0.15, 0.2) is 11.5 Å². The van der Waals surface area contributed by atoms with Gasteiger partial charge in [0.1, 0.15) is 11.8 Å². The fraction of sp³-hybridized carbons (Fsp3) is 0.263. The molecule has 4 rings (SSSR count). The second kappa shape index (κ2) is 6.47. The topological polar surface area (TPSA) is 64.9 Å². The molecule has 128 valence electrons. The number of benzene rings is 1. The Bertz CT molecular complexity index is 873. The molecule has 0 radical (unpaired) electrons. The third-order valence-corrected chi connectivity index (χ3v) is 4.19. The van der Waals surface area contributed by atoms with Crippen LogP contribution in [0, 0.1) is 0 Å². The molecule has 1 N–H and O–H groups in total. The first kappa shape index (κ1) is 15.5. The van der Waals surface area contributed by atoms with Crippen LogP contribution >= 0.6 is 0 Å². The van der Waals surface area contributed by atoms with E-state index in [1.807, 2.05) is 60.1 Å². The minimum absolute atomic E-state index is 0.175. The van der Waals surface area contributed by atoms with E-state index in [1.54, 1.807) is 6.07 Å². The average Bonchev–Trinajstić information content (AvgIpc) is 3.03. The number of hydrogen-bond acceptors (Lipinski definition) is 4. The number of carbonyl (C=O) groups excluding carboxylic acids is 1. The number of amides is 1. The van der Waals surface area contributed by atoms with Crippen LogP contribution in [0.3, 0.4) is 0 Å². The summed E-state index contributed by atoms with van der Waals surface area (Å²) in [6.07, 6.45) is 3.59. The highest BCUT2D eigenvalue weighted by molar-refractivity contribution is 5.82. The highest BCUT2D eigenvalue weighted by Gasteiger charge is 2.33. The van der Waals surface area contributed by atoms with E-state index in [0.29, 0.717) is 24.5 Å². The van der Waals surface area contributed by atoms with Gasteiger partial charge in [0.05, 0.1) is 5.69 Å². The molecular formula is C19H19N3O3. The van der Waals surface area contributed by atoms with Crippen LogP contribution in [-0.4, -0.2) is 34.0 Å². The van der Waals surface area contributed by atoms with Gasteiger partial charge in [0.25, 0.3) is 5.91 Å². The molecule has 1 aliphatic heterocycles. The van der Waals surface area contributed by atoms with Crippen molar-refractivity contribution in [2.24, 2.45) is 0 Å². The number of para-hydroxylation sites is 2. The van der Waals surface area contributed by atoms with E-state index in [-0.39, 0.29) is 12.0 Å². The number of nitrogens with zero attached hydrogens (tertiary/aromatic N) is 2. The quantitative estimate of drug-likeness (QED) is 0.793. The molecule has 3 aromatic rings. The Morgan fingerprint density at radius 1 is 1.16 bits per heavy atom. The summed E-state index contributed by atoms with van der Waals surface area (Å²) in [5, 5.41) is 2.91. The van der Waals surface area contributed by atoms with Crippen molar-refractivity contribution >= 4 is 11.6 Å².